The average Bonchev–Trinajstić information content (AvgIpc) is 2.68. The number of aromatic nitrogens is 1. The summed E-state index contributed by atoms with van der Waals surface area (Å²) in [6.45, 7) is 0. The highest BCUT2D eigenvalue weighted by Gasteiger charge is 2.12. The Hall–Kier alpha value is -2.55. The third-order valence-electron chi connectivity index (χ3n) is 4.30. The van der Waals surface area contributed by atoms with E-state index in [9.17, 15) is 0 Å². The van der Waals surface area contributed by atoms with Crippen LogP contribution in [0, 0.1) is 0 Å². The van der Waals surface area contributed by atoms with Gasteiger partial charge in [-0.05, 0) is 48.0 Å². The molecule has 0 radical (unpaired) electrons. The van der Waals surface area contributed by atoms with E-state index in [0.29, 0.717) is 10.0 Å². The van der Waals surface area contributed by atoms with E-state index in [0.717, 1.165) is 39.0 Å². The van der Waals surface area contributed by atoms with E-state index in [1.54, 1.807) is 7.11 Å². The fourth-order valence-corrected chi connectivity index (χ4v) is 3.44. The summed E-state index contributed by atoms with van der Waals surface area (Å²) < 4.78 is 5.35. The lowest BCUT2D eigenvalue weighted by Gasteiger charge is -2.12. The second-order valence-electron chi connectivity index (χ2n) is 5.93. The smallest absolute Gasteiger partial charge is 0.119 e. The van der Waals surface area contributed by atoms with Gasteiger partial charge in [0.1, 0.15) is 5.75 Å². The molecule has 3 aromatic carbocycles. The van der Waals surface area contributed by atoms with Crippen molar-refractivity contribution in [3.63, 3.8) is 0 Å². The Labute approximate surface area is 162 Å². The normalized spacial score (nSPS) is 10.9. The molecule has 0 aliphatic heterocycles. The number of nitrogens with zero attached hydrogens (tertiary/aromatic N) is 1. The monoisotopic (exact) mass is 379 g/mol. The third kappa shape index (κ3) is 3.14. The maximum absolute atomic E-state index is 6.47. The largest absolute Gasteiger partial charge is 0.497 e. The molecule has 0 amide bonds. The highest BCUT2D eigenvalue weighted by atomic mass is 35.5. The lowest BCUT2D eigenvalue weighted by atomic mass is 9.98. The SMILES string of the molecule is COc1cccc(-c2cc(-c3ccccc3Cl)c3cc(Cl)ccc3n2)c1. The van der Waals surface area contributed by atoms with E-state index in [4.69, 9.17) is 32.9 Å². The standard InChI is InChI=1S/C22H15Cl2NO/c1-26-16-6-4-5-14(11-16)22-13-18(17-7-2-3-8-20(17)24)19-12-15(23)9-10-21(19)25-22/h2-13H,1H3. The van der Waals surface area contributed by atoms with Crippen molar-refractivity contribution in [1.82, 2.24) is 4.98 Å². The number of hydrogen-bond acceptors (Lipinski definition) is 2. The molecule has 0 N–H and O–H groups in total. The lowest BCUT2D eigenvalue weighted by molar-refractivity contribution is 0.415. The van der Waals surface area contributed by atoms with Crippen LogP contribution in [-0.2, 0) is 0 Å². The van der Waals surface area contributed by atoms with Crippen molar-refractivity contribution in [3.05, 3.63) is 82.8 Å². The summed E-state index contributed by atoms with van der Waals surface area (Å²) in [5.74, 6) is 0.791. The molecule has 0 atom stereocenters. The minimum absolute atomic E-state index is 0.668. The predicted molar refractivity (Wildman–Crippen MR) is 109 cm³/mol. The van der Waals surface area contributed by atoms with E-state index >= 15 is 0 Å². The van der Waals surface area contributed by atoms with Gasteiger partial charge in [0, 0.05) is 26.6 Å². The van der Waals surface area contributed by atoms with E-state index in [-0.39, 0.29) is 0 Å². The number of halogens is 2. The van der Waals surface area contributed by atoms with Crippen molar-refractivity contribution in [1.29, 1.82) is 0 Å². The van der Waals surface area contributed by atoms with Gasteiger partial charge < -0.3 is 4.74 Å². The van der Waals surface area contributed by atoms with E-state index in [2.05, 4.69) is 6.07 Å². The second kappa shape index (κ2) is 6.99. The maximum Gasteiger partial charge on any atom is 0.119 e. The molecule has 0 bridgehead atoms. The molecule has 128 valence electrons. The van der Waals surface area contributed by atoms with Gasteiger partial charge in [0.05, 0.1) is 18.3 Å². The summed E-state index contributed by atoms with van der Waals surface area (Å²) in [6.07, 6.45) is 0. The zero-order valence-electron chi connectivity index (χ0n) is 14.0. The third-order valence-corrected chi connectivity index (χ3v) is 4.86. The number of pyridine rings is 1. The topological polar surface area (TPSA) is 22.1 Å². The molecular weight excluding hydrogens is 365 g/mol. The summed E-state index contributed by atoms with van der Waals surface area (Å²) in [6, 6.07) is 23.4. The maximum atomic E-state index is 6.47. The van der Waals surface area contributed by atoms with Gasteiger partial charge >= 0.3 is 0 Å². The molecule has 1 heterocycles. The Balaban J connectivity index is 2.02. The fourth-order valence-electron chi connectivity index (χ4n) is 3.03. The summed E-state index contributed by atoms with van der Waals surface area (Å²) in [7, 11) is 1.66. The molecule has 4 heteroatoms. The predicted octanol–water partition coefficient (Wildman–Crippen LogP) is 6.88. The van der Waals surface area contributed by atoms with Crippen molar-refractivity contribution in [2.75, 3.05) is 7.11 Å². The molecular formula is C22H15Cl2NO. The Morgan fingerprint density at radius 3 is 2.46 bits per heavy atom. The number of methoxy groups -OCH3 is 1. The molecule has 0 spiro atoms. The van der Waals surface area contributed by atoms with Crippen LogP contribution in [0.15, 0.2) is 72.8 Å². The van der Waals surface area contributed by atoms with Gasteiger partial charge in [-0.3, -0.25) is 0 Å². The zero-order valence-corrected chi connectivity index (χ0v) is 15.6. The Kier molecular flexibility index (Phi) is 4.54. The van der Waals surface area contributed by atoms with Crippen LogP contribution in [0.25, 0.3) is 33.3 Å². The van der Waals surface area contributed by atoms with E-state index in [1.165, 1.54) is 0 Å². The van der Waals surface area contributed by atoms with Crippen LogP contribution in [0.3, 0.4) is 0 Å². The van der Waals surface area contributed by atoms with Gasteiger partial charge in [-0.15, -0.1) is 0 Å². The van der Waals surface area contributed by atoms with Crippen LogP contribution in [-0.4, -0.2) is 12.1 Å². The molecule has 0 aliphatic carbocycles. The van der Waals surface area contributed by atoms with Gasteiger partial charge in [0.2, 0.25) is 0 Å². The second-order valence-corrected chi connectivity index (χ2v) is 6.77. The number of rotatable bonds is 3. The van der Waals surface area contributed by atoms with Crippen molar-refractivity contribution in [2.45, 2.75) is 0 Å². The highest BCUT2D eigenvalue weighted by Crippen LogP contribution is 2.37. The van der Waals surface area contributed by atoms with Gasteiger partial charge in [-0.2, -0.15) is 0 Å². The van der Waals surface area contributed by atoms with Crippen molar-refractivity contribution >= 4 is 34.1 Å². The first-order chi connectivity index (χ1) is 12.7. The minimum Gasteiger partial charge on any atom is -0.497 e. The van der Waals surface area contributed by atoms with Crippen LogP contribution in [0.2, 0.25) is 10.0 Å². The average molecular weight is 380 g/mol. The fraction of sp³-hybridized carbons (Fsp3) is 0.0455. The van der Waals surface area contributed by atoms with Gasteiger partial charge in [0.15, 0.2) is 0 Å². The first-order valence-electron chi connectivity index (χ1n) is 8.15. The molecule has 0 saturated carbocycles. The zero-order chi connectivity index (χ0) is 18.1. The van der Waals surface area contributed by atoms with Gasteiger partial charge in [-0.25, -0.2) is 4.98 Å². The van der Waals surface area contributed by atoms with E-state index in [1.807, 2.05) is 66.7 Å². The molecule has 26 heavy (non-hydrogen) atoms. The molecule has 4 aromatic rings. The quantitative estimate of drug-likeness (QED) is 0.386. The molecule has 1 aromatic heterocycles. The Morgan fingerprint density at radius 2 is 1.65 bits per heavy atom. The number of ether oxygens (including phenoxy) is 1. The number of fused-ring (bicyclic) bond motifs is 1. The summed E-state index contributed by atoms with van der Waals surface area (Å²) in [4.78, 5) is 4.82. The van der Waals surface area contributed by atoms with Crippen LogP contribution in [0.5, 0.6) is 5.75 Å². The lowest BCUT2D eigenvalue weighted by Crippen LogP contribution is -1.91. The number of hydrogen-bond donors (Lipinski definition) is 0. The molecule has 0 saturated heterocycles. The number of benzene rings is 3. The summed E-state index contributed by atoms with van der Waals surface area (Å²) >= 11 is 12.7. The van der Waals surface area contributed by atoms with Crippen LogP contribution in [0.1, 0.15) is 0 Å². The molecule has 0 aliphatic rings. The van der Waals surface area contributed by atoms with Crippen LogP contribution >= 0.6 is 23.2 Å². The first kappa shape index (κ1) is 16.9. The van der Waals surface area contributed by atoms with Crippen molar-refractivity contribution in [3.8, 4) is 28.1 Å². The highest BCUT2D eigenvalue weighted by molar-refractivity contribution is 6.34. The molecule has 0 fully saturated rings. The summed E-state index contributed by atoms with van der Waals surface area (Å²) in [5.41, 5.74) is 4.65. The minimum atomic E-state index is 0.668. The Bertz CT molecular complexity index is 1110. The van der Waals surface area contributed by atoms with E-state index < -0.39 is 0 Å². The van der Waals surface area contributed by atoms with Gasteiger partial charge in [0.25, 0.3) is 0 Å². The van der Waals surface area contributed by atoms with Crippen LogP contribution in [0.4, 0.5) is 0 Å². The van der Waals surface area contributed by atoms with Gasteiger partial charge in [-0.1, -0.05) is 53.5 Å². The van der Waals surface area contributed by atoms with Crippen LogP contribution < -0.4 is 4.74 Å². The summed E-state index contributed by atoms with van der Waals surface area (Å²) in [5, 5.41) is 2.33. The first-order valence-corrected chi connectivity index (χ1v) is 8.91. The van der Waals surface area contributed by atoms with Crippen molar-refractivity contribution < 1.29 is 4.74 Å². The Morgan fingerprint density at radius 1 is 0.808 bits per heavy atom. The molecule has 2 nitrogen and oxygen atoms in total. The van der Waals surface area contributed by atoms with Crippen molar-refractivity contribution in [2.24, 2.45) is 0 Å². The molecule has 0 unspecified atom stereocenters. The molecule has 4 rings (SSSR count).